The molecular weight excluding hydrogens is 444 g/mol. The summed E-state index contributed by atoms with van der Waals surface area (Å²) in [6.07, 6.45) is 0. The Kier molecular flexibility index (Phi) is 2.86. The number of thiophene rings is 2. The lowest BCUT2D eigenvalue weighted by Crippen LogP contribution is -1.90. The number of nitrogens with zero attached hydrogens (tertiary/aromatic N) is 2. The van der Waals surface area contributed by atoms with Gasteiger partial charge in [-0.1, -0.05) is 0 Å². The van der Waals surface area contributed by atoms with Gasteiger partial charge in [0.15, 0.2) is 0 Å². The standard InChI is InChI=1S/C16H6Br2N2S2/c17-9-1-2-10(18)14-13(9)19-11-7-3-5-21-15(7)16-8(4-6-22-16)12(11)20-14/h1-6H. The minimum Gasteiger partial charge on any atom is -0.243 e. The van der Waals surface area contributed by atoms with Crippen LogP contribution in [0.25, 0.3) is 42.2 Å². The Labute approximate surface area is 150 Å². The number of fused-ring (bicyclic) bond motifs is 7. The fourth-order valence-corrected chi connectivity index (χ4v) is 5.60. The van der Waals surface area contributed by atoms with Crippen molar-refractivity contribution >= 4 is 96.8 Å². The van der Waals surface area contributed by atoms with E-state index in [2.05, 4.69) is 54.8 Å². The summed E-state index contributed by atoms with van der Waals surface area (Å²) in [7, 11) is 0. The van der Waals surface area contributed by atoms with E-state index in [1.54, 1.807) is 22.7 Å². The van der Waals surface area contributed by atoms with Crippen molar-refractivity contribution in [3.63, 3.8) is 0 Å². The fraction of sp³-hybridized carbons (Fsp3) is 0. The lowest BCUT2D eigenvalue weighted by molar-refractivity contribution is 1.40. The van der Waals surface area contributed by atoms with Gasteiger partial charge >= 0.3 is 0 Å². The molecule has 0 saturated heterocycles. The molecule has 3 heterocycles. The molecule has 0 aliphatic rings. The Balaban J connectivity index is 2.17. The molecule has 5 rings (SSSR count). The summed E-state index contributed by atoms with van der Waals surface area (Å²) >= 11 is 10.7. The molecule has 0 bridgehead atoms. The molecule has 22 heavy (non-hydrogen) atoms. The van der Waals surface area contributed by atoms with Crippen molar-refractivity contribution in [2.75, 3.05) is 0 Å². The number of aromatic nitrogens is 2. The summed E-state index contributed by atoms with van der Waals surface area (Å²) in [4.78, 5) is 9.88. The van der Waals surface area contributed by atoms with E-state index >= 15 is 0 Å². The van der Waals surface area contributed by atoms with E-state index in [1.807, 2.05) is 12.1 Å². The Bertz CT molecular complexity index is 1110. The monoisotopic (exact) mass is 448 g/mol. The van der Waals surface area contributed by atoms with Crippen molar-refractivity contribution < 1.29 is 0 Å². The third kappa shape index (κ3) is 1.69. The number of hydrogen-bond donors (Lipinski definition) is 0. The molecule has 0 saturated carbocycles. The van der Waals surface area contributed by atoms with Crippen LogP contribution in [0.4, 0.5) is 0 Å². The lowest BCUT2D eigenvalue weighted by atomic mass is 10.1. The summed E-state index contributed by atoms with van der Waals surface area (Å²) in [5.41, 5.74) is 3.75. The number of rotatable bonds is 0. The van der Waals surface area contributed by atoms with Crippen LogP contribution in [-0.2, 0) is 0 Å². The normalized spacial score (nSPS) is 12.1. The SMILES string of the molecule is Brc1ccc(Br)c2nc3c4ccsc4c4sccc4c3nc12. The Morgan fingerprint density at radius 1 is 0.636 bits per heavy atom. The molecule has 5 aromatic rings. The topological polar surface area (TPSA) is 25.8 Å². The van der Waals surface area contributed by atoms with E-state index in [1.165, 1.54) is 20.2 Å². The molecule has 2 nitrogen and oxygen atoms in total. The van der Waals surface area contributed by atoms with E-state index in [4.69, 9.17) is 9.97 Å². The molecule has 0 N–H and O–H groups in total. The maximum Gasteiger partial charge on any atom is 0.105 e. The lowest BCUT2D eigenvalue weighted by Gasteiger charge is -2.07. The second kappa shape index (κ2) is 4.71. The second-order valence-corrected chi connectivity index (χ2v) is 8.51. The predicted octanol–water partition coefficient (Wildman–Crippen LogP) is 6.74. The molecule has 0 aliphatic heterocycles. The summed E-state index contributed by atoms with van der Waals surface area (Å²) in [5.74, 6) is 0. The molecule has 0 radical (unpaired) electrons. The molecule has 2 aromatic carbocycles. The van der Waals surface area contributed by atoms with Crippen molar-refractivity contribution in [3.8, 4) is 0 Å². The minimum absolute atomic E-state index is 0.893. The molecule has 0 aliphatic carbocycles. The van der Waals surface area contributed by atoms with Crippen LogP contribution in [0.2, 0.25) is 0 Å². The van der Waals surface area contributed by atoms with E-state index in [0.717, 1.165) is 31.0 Å². The van der Waals surface area contributed by atoms with E-state index in [-0.39, 0.29) is 0 Å². The summed E-state index contributed by atoms with van der Waals surface area (Å²) in [5, 5.41) is 6.64. The molecule has 0 spiro atoms. The zero-order valence-corrected chi connectivity index (χ0v) is 15.7. The molecule has 106 valence electrons. The maximum absolute atomic E-state index is 4.94. The largest absolute Gasteiger partial charge is 0.243 e. The van der Waals surface area contributed by atoms with Crippen LogP contribution in [0, 0.1) is 0 Å². The zero-order valence-electron chi connectivity index (χ0n) is 10.9. The highest BCUT2D eigenvalue weighted by atomic mass is 79.9. The van der Waals surface area contributed by atoms with Crippen LogP contribution in [0.3, 0.4) is 0 Å². The first-order valence-corrected chi connectivity index (χ1v) is 9.90. The van der Waals surface area contributed by atoms with Crippen LogP contribution < -0.4 is 0 Å². The van der Waals surface area contributed by atoms with Crippen molar-refractivity contribution in [2.24, 2.45) is 0 Å². The highest BCUT2D eigenvalue weighted by Crippen LogP contribution is 2.40. The maximum atomic E-state index is 4.94. The average molecular weight is 450 g/mol. The number of halogens is 2. The number of hydrogen-bond acceptors (Lipinski definition) is 4. The van der Waals surface area contributed by atoms with Crippen molar-refractivity contribution in [2.45, 2.75) is 0 Å². The molecule has 0 atom stereocenters. The first-order valence-electron chi connectivity index (χ1n) is 6.56. The Morgan fingerprint density at radius 3 is 1.55 bits per heavy atom. The van der Waals surface area contributed by atoms with Gasteiger partial charge in [0, 0.05) is 19.7 Å². The van der Waals surface area contributed by atoms with Crippen LogP contribution in [-0.4, -0.2) is 9.97 Å². The summed E-state index contributed by atoms with van der Waals surface area (Å²) in [6, 6.07) is 8.30. The first-order chi connectivity index (χ1) is 10.7. The van der Waals surface area contributed by atoms with Gasteiger partial charge in [0.25, 0.3) is 0 Å². The molecule has 6 heteroatoms. The molecular formula is C16H6Br2N2S2. The molecule has 3 aromatic heterocycles. The smallest absolute Gasteiger partial charge is 0.105 e. The van der Waals surface area contributed by atoms with Gasteiger partial charge in [0.05, 0.1) is 20.4 Å². The average Bonchev–Trinajstić information content (AvgIpc) is 3.18. The van der Waals surface area contributed by atoms with E-state index in [0.29, 0.717) is 0 Å². The van der Waals surface area contributed by atoms with Crippen LogP contribution >= 0.6 is 54.5 Å². The first kappa shape index (κ1) is 13.4. The number of benzene rings is 2. The third-order valence-electron chi connectivity index (χ3n) is 3.77. The van der Waals surface area contributed by atoms with Gasteiger partial charge in [-0.05, 0) is 66.9 Å². The van der Waals surface area contributed by atoms with Gasteiger partial charge in [0.1, 0.15) is 11.0 Å². The molecule has 0 amide bonds. The minimum atomic E-state index is 0.893. The van der Waals surface area contributed by atoms with Gasteiger partial charge < -0.3 is 0 Å². The van der Waals surface area contributed by atoms with Gasteiger partial charge in [-0.15, -0.1) is 22.7 Å². The Hall–Kier alpha value is -1.08. The zero-order chi connectivity index (χ0) is 14.8. The third-order valence-corrected chi connectivity index (χ3v) is 7.04. The van der Waals surface area contributed by atoms with E-state index in [9.17, 15) is 0 Å². The fourth-order valence-electron chi connectivity index (χ4n) is 2.79. The highest BCUT2D eigenvalue weighted by molar-refractivity contribution is 9.11. The highest BCUT2D eigenvalue weighted by Gasteiger charge is 2.15. The summed E-state index contributed by atoms with van der Waals surface area (Å²) in [6.45, 7) is 0. The van der Waals surface area contributed by atoms with Crippen molar-refractivity contribution in [3.05, 3.63) is 44.0 Å². The van der Waals surface area contributed by atoms with Crippen LogP contribution in [0.5, 0.6) is 0 Å². The van der Waals surface area contributed by atoms with Gasteiger partial charge in [-0.3, -0.25) is 0 Å². The van der Waals surface area contributed by atoms with Crippen molar-refractivity contribution in [1.29, 1.82) is 0 Å². The predicted molar refractivity (Wildman–Crippen MR) is 103 cm³/mol. The van der Waals surface area contributed by atoms with Crippen LogP contribution in [0.15, 0.2) is 44.0 Å². The second-order valence-electron chi connectivity index (χ2n) is 4.97. The van der Waals surface area contributed by atoms with Gasteiger partial charge in [-0.2, -0.15) is 0 Å². The molecule has 0 unspecified atom stereocenters. The Morgan fingerprint density at radius 2 is 1.09 bits per heavy atom. The van der Waals surface area contributed by atoms with Crippen molar-refractivity contribution in [1.82, 2.24) is 9.97 Å². The van der Waals surface area contributed by atoms with Gasteiger partial charge in [0.2, 0.25) is 0 Å². The molecule has 0 fully saturated rings. The van der Waals surface area contributed by atoms with E-state index < -0.39 is 0 Å². The quantitative estimate of drug-likeness (QED) is 0.244. The summed E-state index contributed by atoms with van der Waals surface area (Å²) < 4.78 is 4.54. The van der Waals surface area contributed by atoms with Gasteiger partial charge in [-0.25, -0.2) is 9.97 Å². The van der Waals surface area contributed by atoms with Crippen LogP contribution in [0.1, 0.15) is 0 Å².